The third-order valence-corrected chi connectivity index (χ3v) is 1.63. The monoisotopic (exact) mass is 150 g/mol. The van der Waals surface area contributed by atoms with Gasteiger partial charge in [0.15, 0.2) is 0 Å². The average Bonchev–Trinajstić information content (AvgIpc) is 1.59. The molecule has 1 aliphatic heterocycles. The minimum absolute atomic E-state index is 0.546. The zero-order valence-corrected chi connectivity index (χ0v) is 5.64. The van der Waals surface area contributed by atoms with Gasteiger partial charge in [-0.3, -0.25) is 0 Å². The molecule has 0 radical (unpaired) electrons. The highest BCUT2D eigenvalue weighted by molar-refractivity contribution is 7.82. The van der Waals surface area contributed by atoms with Crippen molar-refractivity contribution in [2.75, 3.05) is 0 Å². The zero-order chi connectivity index (χ0) is 7.07. The second-order valence-corrected chi connectivity index (χ2v) is 2.98. The van der Waals surface area contributed by atoms with Gasteiger partial charge in [0.05, 0.1) is 0 Å². The Morgan fingerprint density at radius 1 is 1.56 bits per heavy atom. The van der Waals surface area contributed by atoms with Crippen molar-refractivity contribution in [2.45, 2.75) is 13.2 Å². The summed E-state index contributed by atoms with van der Waals surface area (Å²) in [5.41, 5.74) is 0.546. The summed E-state index contributed by atoms with van der Waals surface area (Å²) in [5.74, 6) is 0. The van der Waals surface area contributed by atoms with Crippen molar-refractivity contribution >= 4 is 10.4 Å². The zero-order valence-electron chi connectivity index (χ0n) is 4.83. The standard InChI is InChI=1S/C4H6O4S/c1-3(2)4-7-9(5,6)8-4/h4H,1H2,2H3. The van der Waals surface area contributed by atoms with Gasteiger partial charge in [-0.25, -0.2) is 8.37 Å². The molecule has 1 fully saturated rings. The number of hydrogen-bond donors (Lipinski definition) is 0. The van der Waals surface area contributed by atoms with Crippen LogP contribution in [-0.4, -0.2) is 14.7 Å². The topological polar surface area (TPSA) is 52.6 Å². The Morgan fingerprint density at radius 3 is 2.11 bits per heavy atom. The molecule has 1 rings (SSSR count). The first-order valence-corrected chi connectivity index (χ1v) is 3.61. The van der Waals surface area contributed by atoms with Crippen LogP contribution in [0.2, 0.25) is 0 Å². The van der Waals surface area contributed by atoms with Crippen LogP contribution in [0.4, 0.5) is 0 Å². The summed E-state index contributed by atoms with van der Waals surface area (Å²) >= 11 is 0. The van der Waals surface area contributed by atoms with Crippen molar-refractivity contribution in [1.82, 2.24) is 0 Å². The molecule has 0 aliphatic carbocycles. The Balaban J connectivity index is 2.55. The van der Waals surface area contributed by atoms with Crippen molar-refractivity contribution in [3.63, 3.8) is 0 Å². The molecule has 5 heteroatoms. The van der Waals surface area contributed by atoms with Gasteiger partial charge in [0.2, 0.25) is 6.29 Å². The highest BCUT2D eigenvalue weighted by atomic mass is 32.3. The van der Waals surface area contributed by atoms with Crippen LogP contribution < -0.4 is 0 Å². The maximum atomic E-state index is 10.1. The predicted octanol–water partition coefficient (Wildman–Crippen LogP) is 0.180. The van der Waals surface area contributed by atoms with E-state index in [1.165, 1.54) is 0 Å². The minimum Gasteiger partial charge on any atom is -0.211 e. The molecule has 52 valence electrons. The van der Waals surface area contributed by atoms with E-state index in [1.54, 1.807) is 6.92 Å². The molecule has 0 saturated carbocycles. The first kappa shape index (κ1) is 6.73. The molecule has 0 aromatic carbocycles. The molecule has 0 unspecified atom stereocenters. The third-order valence-electron chi connectivity index (χ3n) is 0.813. The van der Waals surface area contributed by atoms with E-state index in [1.807, 2.05) is 0 Å². The molecule has 1 aliphatic rings. The minimum atomic E-state index is -3.64. The molecule has 0 amide bonds. The lowest BCUT2D eigenvalue weighted by molar-refractivity contribution is -0.0506. The van der Waals surface area contributed by atoms with E-state index in [0.29, 0.717) is 5.57 Å². The van der Waals surface area contributed by atoms with Crippen LogP contribution in [-0.2, 0) is 18.8 Å². The summed E-state index contributed by atoms with van der Waals surface area (Å²) in [6.45, 7) is 5.05. The molecule has 0 aromatic heterocycles. The van der Waals surface area contributed by atoms with Crippen molar-refractivity contribution in [1.29, 1.82) is 0 Å². The highest BCUT2D eigenvalue weighted by Gasteiger charge is 2.36. The molecule has 0 bridgehead atoms. The van der Waals surface area contributed by atoms with Crippen molar-refractivity contribution < 1.29 is 16.8 Å². The SMILES string of the molecule is C=C(C)C1OS(=O)(=O)O1. The molecular formula is C4H6O4S. The van der Waals surface area contributed by atoms with Crippen molar-refractivity contribution in [2.24, 2.45) is 0 Å². The summed E-state index contributed by atoms with van der Waals surface area (Å²) in [6, 6.07) is 0. The summed E-state index contributed by atoms with van der Waals surface area (Å²) < 4.78 is 28.7. The molecule has 1 heterocycles. The first-order chi connectivity index (χ1) is 4.01. The van der Waals surface area contributed by atoms with Gasteiger partial charge in [-0.05, 0) is 12.5 Å². The van der Waals surface area contributed by atoms with Gasteiger partial charge in [-0.15, -0.1) is 0 Å². The summed E-state index contributed by atoms with van der Waals surface area (Å²) in [4.78, 5) is 0. The van der Waals surface area contributed by atoms with Crippen LogP contribution >= 0.6 is 0 Å². The maximum absolute atomic E-state index is 10.1. The largest absolute Gasteiger partial charge is 0.405 e. The van der Waals surface area contributed by atoms with Gasteiger partial charge in [0.1, 0.15) is 0 Å². The fourth-order valence-corrected chi connectivity index (χ4v) is 1.16. The van der Waals surface area contributed by atoms with E-state index < -0.39 is 16.7 Å². The Bertz CT molecular complexity index is 215. The molecule has 0 spiro atoms. The lowest BCUT2D eigenvalue weighted by atomic mass is 10.3. The normalized spacial score (nSPS) is 25.0. The molecule has 0 N–H and O–H groups in total. The Labute approximate surface area is 53.4 Å². The first-order valence-electron chi connectivity index (χ1n) is 2.28. The number of rotatable bonds is 1. The smallest absolute Gasteiger partial charge is 0.211 e. The fourth-order valence-electron chi connectivity index (χ4n) is 0.386. The van der Waals surface area contributed by atoms with Crippen LogP contribution in [0.3, 0.4) is 0 Å². The summed E-state index contributed by atoms with van der Waals surface area (Å²) in [5, 5.41) is 0. The fraction of sp³-hybridized carbons (Fsp3) is 0.500. The van der Waals surface area contributed by atoms with Gasteiger partial charge in [-0.2, -0.15) is 8.42 Å². The van der Waals surface area contributed by atoms with E-state index in [0.717, 1.165) is 0 Å². The molecule has 9 heavy (non-hydrogen) atoms. The Hall–Kier alpha value is -0.390. The van der Waals surface area contributed by atoms with E-state index in [2.05, 4.69) is 14.9 Å². The Morgan fingerprint density at radius 2 is 2.00 bits per heavy atom. The van der Waals surface area contributed by atoms with Crippen LogP contribution in [0.5, 0.6) is 0 Å². The molecule has 1 saturated heterocycles. The van der Waals surface area contributed by atoms with Gasteiger partial charge in [-0.1, -0.05) is 6.58 Å². The molecule has 4 nitrogen and oxygen atoms in total. The Kier molecular flexibility index (Phi) is 1.34. The maximum Gasteiger partial charge on any atom is 0.405 e. The van der Waals surface area contributed by atoms with Crippen molar-refractivity contribution in [3.05, 3.63) is 12.2 Å². The van der Waals surface area contributed by atoms with Crippen molar-refractivity contribution in [3.8, 4) is 0 Å². The van der Waals surface area contributed by atoms with Gasteiger partial charge in [0, 0.05) is 0 Å². The summed E-state index contributed by atoms with van der Waals surface area (Å²) in [6.07, 6.45) is -0.755. The van der Waals surface area contributed by atoms with E-state index in [9.17, 15) is 8.42 Å². The van der Waals surface area contributed by atoms with E-state index in [4.69, 9.17) is 0 Å². The van der Waals surface area contributed by atoms with Crippen LogP contribution in [0.15, 0.2) is 12.2 Å². The number of hydrogen-bond acceptors (Lipinski definition) is 4. The van der Waals surface area contributed by atoms with Gasteiger partial charge >= 0.3 is 10.4 Å². The third kappa shape index (κ3) is 1.29. The van der Waals surface area contributed by atoms with Gasteiger partial charge < -0.3 is 0 Å². The lowest BCUT2D eigenvalue weighted by Crippen LogP contribution is -2.36. The van der Waals surface area contributed by atoms with Crippen LogP contribution in [0.25, 0.3) is 0 Å². The average molecular weight is 150 g/mol. The van der Waals surface area contributed by atoms with Crippen LogP contribution in [0, 0.1) is 0 Å². The summed E-state index contributed by atoms with van der Waals surface area (Å²) in [7, 11) is -3.64. The quantitative estimate of drug-likeness (QED) is 0.500. The van der Waals surface area contributed by atoms with Crippen LogP contribution in [0.1, 0.15) is 6.92 Å². The van der Waals surface area contributed by atoms with E-state index in [-0.39, 0.29) is 0 Å². The highest BCUT2D eigenvalue weighted by Crippen LogP contribution is 2.22. The lowest BCUT2D eigenvalue weighted by Gasteiger charge is -2.24. The second-order valence-electron chi connectivity index (χ2n) is 1.78. The molecule has 0 aromatic rings. The van der Waals surface area contributed by atoms with Gasteiger partial charge in [0.25, 0.3) is 0 Å². The molecular weight excluding hydrogens is 144 g/mol. The van der Waals surface area contributed by atoms with E-state index >= 15 is 0 Å². The molecule has 0 atom stereocenters. The second kappa shape index (κ2) is 1.80. The predicted molar refractivity (Wildman–Crippen MR) is 29.7 cm³/mol.